The number of furan rings is 1. The second-order valence-corrected chi connectivity index (χ2v) is 8.45. The highest BCUT2D eigenvalue weighted by atomic mass is 19.4. The fraction of sp³-hybridized carbons (Fsp3) is 0.591. The Labute approximate surface area is 194 Å². The van der Waals surface area contributed by atoms with Crippen LogP contribution in [-0.4, -0.2) is 70.7 Å². The summed E-state index contributed by atoms with van der Waals surface area (Å²) in [5.74, 6) is -1.36. The normalized spacial score (nSPS) is 19.4. The molecule has 2 aromatic heterocycles. The quantitative estimate of drug-likeness (QED) is 0.646. The lowest BCUT2D eigenvalue weighted by Gasteiger charge is -2.30. The van der Waals surface area contributed by atoms with E-state index in [4.69, 9.17) is 19.1 Å². The average molecular weight is 486 g/mol. The van der Waals surface area contributed by atoms with E-state index in [-0.39, 0.29) is 5.91 Å². The van der Waals surface area contributed by atoms with Crippen LogP contribution < -0.4 is 5.32 Å². The van der Waals surface area contributed by atoms with Crippen LogP contribution in [0.25, 0.3) is 0 Å². The smallest absolute Gasteiger partial charge is 0.475 e. The highest BCUT2D eigenvalue weighted by Gasteiger charge is 2.38. The van der Waals surface area contributed by atoms with Crippen molar-refractivity contribution in [2.24, 2.45) is 11.8 Å². The minimum absolute atomic E-state index is 0.146. The standard InChI is InChI=1S/C20H28N4O3.C2HF3O2/c25-20(19-2-1-9-27-19)21-7-3-17-13-23(12-16-5-10-26-11-6-16)15-18-4-8-22-24(18)14-17;3-2(4,5)1(6)7/h1-2,4,8-9,16-17H,3,5-7,10-15H2,(H,21,25);(H,6,7). The molecule has 0 saturated carbocycles. The van der Waals surface area contributed by atoms with E-state index in [1.807, 2.05) is 6.20 Å². The molecule has 1 atom stereocenters. The lowest BCUT2D eigenvalue weighted by Crippen LogP contribution is -2.35. The molecule has 1 fully saturated rings. The Morgan fingerprint density at radius 2 is 1.91 bits per heavy atom. The molecule has 0 radical (unpaired) electrons. The minimum Gasteiger partial charge on any atom is -0.475 e. The second-order valence-electron chi connectivity index (χ2n) is 8.45. The lowest BCUT2D eigenvalue weighted by atomic mass is 9.98. The molecule has 1 unspecified atom stereocenters. The molecule has 2 aliphatic rings. The number of amides is 1. The zero-order chi connectivity index (χ0) is 24.6. The Balaban J connectivity index is 0.000000406. The molecule has 1 amide bonds. The van der Waals surface area contributed by atoms with Gasteiger partial charge in [0.2, 0.25) is 0 Å². The van der Waals surface area contributed by atoms with E-state index in [1.54, 1.807) is 12.1 Å². The number of hydrogen-bond donors (Lipinski definition) is 2. The number of carboxylic acids is 1. The molecule has 1 saturated heterocycles. The van der Waals surface area contributed by atoms with Gasteiger partial charge >= 0.3 is 12.1 Å². The summed E-state index contributed by atoms with van der Waals surface area (Å²) in [4.78, 5) is 23.5. The average Bonchev–Trinajstić information content (AvgIpc) is 3.44. The predicted molar refractivity (Wildman–Crippen MR) is 114 cm³/mol. The van der Waals surface area contributed by atoms with Gasteiger partial charge in [-0.3, -0.25) is 14.4 Å². The third kappa shape index (κ3) is 7.87. The van der Waals surface area contributed by atoms with Crippen molar-refractivity contribution in [3.8, 4) is 0 Å². The van der Waals surface area contributed by atoms with Gasteiger partial charge in [-0.2, -0.15) is 18.3 Å². The largest absolute Gasteiger partial charge is 0.490 e. The second kappa shape index (κ2) is 12.0. The van der Waals surface area contributed by atoms with Crippen molar-refractivity contribution in [1.82, 2.24) is 20.0 Å². The van der Waals surface area contributed by atoms with Gasteiger partial charge in [0, 0.05) is 52.1 Å². The van der Waals surface area contributed by atoms with E-state index < -0.39 is 12.1 Å². The summed E-state index contributed by atoms with van der Waals surface area (Å²) in [7, 11) is 0. The van der Waals surface area contributed by atoms with Gasteiger partial charge in [0.1, 0.15) is 0 Å². The van der Waals surface area contributed by atoms with Crippen molar-refractivity contribution in [3.63, 3.8) is 0 Å². The maximum absolute atomic E-state index is 12.1. The number of carboxylic acid groups (broad SMARTS) is 1. The molecule has 0 spiro atoms. The predicted octanol–water partition coefficient (Wildman–Crippen LogP) is 2.79. The molecule has 34 heavy (non-hydrogen) atoms. The van der Waals surface area contributed by atoms with Crippen LogP contribution in [0.5, 0.6) is 0 Å². The molecule has 2 N–H and O–H groups in total. The third-order valence-corrected chi connectivity index (χ3v) is 5.82. The molecule has 0 aromatic carbocycles. The van der Waals surface area contributed by atoms with Crippen molar-refractivity contribution in [2.75, 3.05) is 32.8 Å². The first-order chi connectivity index (χ1) is 16.2. The molecule has 12 heteroatoms. The zero-order valence-electron chi connectivity index (χ0n) is 18.7. The van der Waals surface area contributed by atoms with E-state index in [1.165, 1.54) is 12.0 Å². The number of halogens is 3. The highest BCUT2D eigenvalue weighted by molar-refractivity contribution is 5.91. The summed E-state index contributed by atoms with van der Waals surface area (Å²) < 4.78 is 44.5. The van der Waals surface area contributed by atoms with Crippen molar-refractivity contribution < 1.29 is 37.0 Å². The Kier molecular flexibility index (Phi) is 9.11. The molecule has 9 nitrogen and oxygen atoms in total. The van der Waals surface area contributed by atoms with Gasteiger partial charge in [-0.15, -0.1) is 0 Å². The van der Waals surface area contributed by atoms with Crippen LogP contribution in [0.1, 0.15) is 35.5 Å². The van der Waals surface area contributed by atoms with E-state index in [0.717, 1.165) is 58.7 Å². The number of alkyl halides is 3. The first-order valence-corrected chi connectivity index (χ1v) is 11.1. The summed E-state index contributed by atoms with van der Waals surface area (Å²) in [6.07, 6.45) is 1.56. The maximum atomic E-state index is 12.1. The van der Waals surface area contributed by atoms with Gasteiger partial charge in [0.05, 0.1) is 12.0 Å². The molecule has 0 aliphatic carbocycles. The summed E-state index contributed by atoms with van der Waals surface area (Å²) in [6.45, 7) is 6.43. The number of carbonyl (C=O) groups is 2. The molecular formula is C22H29F3N4O5. The van der Waals surface area contributed by atoms with Gasteiger partial charge in [-0.1, -0.05) is 0 Å². The number of hydrogen-bond acceptors (Lipinski definition) is 6. The first kappa shape index (κ1) is 25.8. The number of nitrogens with zero attached hydrogens (tertiary/aromatic N) is 3. The Morgan fingerprint density at radius 3 is 2.56 bits per heavy atom. The van der Waals surface area contributed by atoms with Crippen molar-refractivity contribution in [3.05, 3.63) is 42.1 Å². The van der Waals surface area contributed by atoms with E-state index in [2.05, 4.69) is 26.1 Å². The number of ether oxygens (including phenoxy) is 1. The summed E-state index contributed by atoms with van der Waals surface area (Å²) in [5, 5.41) is 14.6. The summed E-state index contributed by atoms with van der Waals surface area (Å²) in [6, 6.07) is 5.54. The topological polar surface area (TPSA) is 110 Å². The van der Waals surface area contributed by atoms with Crippen LogP contribution in [0.4, 0.5) is 13.2 Å². The molecule has 2 aromatic rings. The SMILES string of the molecule is O=C(NCCC1CN(CC2CCOCC2)Cc2ccnn2C1)c1ccco1.O=C(O)C(F)(F)F. The highest BCUT2D eigenvalue weighted by Crippen LogP contribution is 2.22. The number of aromatic nitrogens is 2. The molecule has 0 bridgehead atoms. The Hall–Kier alpha value is -2.86. The zero-order valence-corrected chi connectivity index (χ0v) is 18.7. The molecule has 4 rings (SSSR count). The van der Waals surface area contributed by atoms with Crippen LogP contribution in [0.15, 0.2) is 35.1 Å². The van der Waals surface area contributed by atoms with Crippen molar-refractivity contribution in [2.45, 2.75) is 38.5 Å². The van der Waals surface area contributed by atoms with Gasteiger partial charge in [-0.05, 0) is 49.3 Å². The molecular weight excluding hydrogens is 457 g/mol. The summed E-state index contributed by atoms with van der Waals surface area (Å²) >= 11 is 0. The minimum atomic E-state index is -5.08. The van der Waals surface area contributed by atoms with Gasteiger partial charge in [0.25, 0.3) is 5.91 Å². The number of aliphatic carboxylic acids is 1. The van der Waals surface area contributed by atoms with Crippen molar-refractivity contribution in [1.29, 1.82) is 0 Å². The van der Waals surface area contributed by atoms with Crippen LogP contribution in [0.2, 0.25) is 0 Å². The van der Waals surface area contributed by atoms with E-state index in [0.29, 0.717) is 24.1 Å². The third-order valence-electron chi connectivity index (χ3n) is 5.82. The van der Waals surface area contributed by atoms with E-state index >= 15 is 0 Å². The number of fused-ring (bicyclic) bond motifs is 1. The number of carbonyl (C=O) groups excluding carboxylic acids is 1. The molecule has 188 valence electrons. The van der Waals surface area contributed by atoms with Crippen LogP contribution >= 0.6 is 0 Å². The van der Waals surface area contributed by atoms with Gasteiger partial charge in [0.15, 0.2) is 5.76 Å². The monoisotopic (exact) mass is 486 g/mol. The maximum Gasteiger partial charge on any atom is 0.490 e. The number of rotatable bonds is 6. The molecule has 2 aliphatic heterocycles. The van der Waals surface area contributed by atoms with Gasteiger partial charge in [-0.25, -0.2) is 4.79 Å². The van der Waals surface area contributed by atoms with Gasteiger partial charge < -0.3 is 19.6 Å². The molecule has 4 heterocycles. The Bertz CT molecular complexity index is 910. The van der Waals surface area contributed by atoms with Crippen LogP contribution in [0, 0.1) is 11.8 Å². The fourth-order valence-electron chi connectivity index (χ4n) is 4.12. The first-order valence-electron chi connectivity index (χ1n) is 11.1. The van der Waals surface area contributed by atoms with Crippen LogP contribution in [-0.2, 0) is 22.6 Å². The lowest BCUT2D eigenvalue weighted by molar-refractivity contribution is -0.192. The summed E-state index contributed by atoms with van der Waals surface area (Å²) in [5.41, 5.74) is 1.28. The van der Waals surface area contributed by atoms with Crippen molar-refractivity contribution >= 4 is 11.9 Å². The van der Waals surface area contributed by atoms with Crippen LogP contribution in [0.3, 0.4) is 0 Å². The van der Waals surface area contributed by atoms with E-state index in [9.17, 15) is 18.0 Å². The fourth-order valence-corrected chi connectivity index (χ4v) is 4.12. The Morgan fingerprint density at radius 1 is 1.18 bits per heavy atom. The number of nitrogens with one attached hydrogen (secondary N) is 1.